The molecule has 0 aliphatic rings. The minimum atomic E-state index is -0.163. The third-order valence-electron chi connectivity index (χ3n) is 2.34. The van der Waals surface area contributed by atoms with Crippen LogP contribution in [-0.4, -0.2) is 18.0 Å². The molecule has 0 radical (unpaired) electrons. The fourth-order valence-corrected chi connectivity index (χ4v) is 2.63. The third kappa shape index (κ3) is 5.85. The maximum Gasteiger partial charge on any atom is 0.221 e. The summed E-state index contributed by atoms with van der Waals surface area (Å²) in [6.45, 7) is 8.68. The van der Waals surface area contributed by atoms with Gasteiger partial charge in [0.2, 0.25) is 5.91 Å². The van der Waals surface area contributed by atoms with Gasteiger partial charge >= 0.3 is 0 Å². The molecule has 18 heavy (non-hydrogen) atoms. The summed E-state index contributed by atoms with van der Waals surface area (Å²) in [5.41, 5.74) is -0.163. The van der Waals surface area contributed by atoms with E-state index in [0.29, 0.717) is 13.0 Å². The molecule has 0 aliphatic heterocycles. The van der Waals surface area contributed by atoms with Gasteiger partial charge in [0.05, 0.1) is 4.34 Å². The van der Waals surface area contributed by atoms with Crippen LogP contribution in [-0.2, 0) is 4.79 Å². The van der Waals surface area contributed by atoms with Gasteiger partial charge < -0.3 is 10.6 Å². The highest BCUT2D eigenvalue weighted by atomic mass is 35.5. The summed E-state index contributed by atoms with van der Waals surface area (Å²) in [6, 6.07) is 4.14. The predicted molar refractivity (Wildman–Crippen MR) is 78.3 cm³/mol. The van der Waals surface area contributed by atoms with E-state index < -0.39 is 0 Å². The van der Waals surface area contributed by atoms with Gasteiger partial charge in [-0.25, -0.2) is 0 Å². The lowest BCUT2D eigenvalue weighted by atomic mass is 10.1. The molecule has 0 aliphatic carbocycles. The van der Waals surface area contributed by atoms with Crippen molar-refractivity contribution in [2.24, 2.45) is 0 Å². The molecule has 0 fully saturated rings. The summed E-state index contributed by atoms with van der Waals surface area (Å²) in [7, 11) is 0. The minimum absolute atomic E-state index is 0.0754. The number of hydrogen-bond acceptors (Lipinski definition) is 3. The van der Waals surface area contributed by atoms with Crippen molar-refractivity contribution in [3.8, 4) is 0 Å². The number of nitrogens with one attached hydrogen (secondary N) is 2. The molecule has 0 bridgehead atoms. The largest absolute Gasteiger partial charge is 0.351 e. The van der Waals surface area contributed by atoms with E-state index in [0.717, 1.165) is 4.34 Å². The van der Waals surface area contributed by atoms with Gasteiger partial charge in [-0.2, -0.15) is 0 Å². The highest BCUT2D eigenvalue weighted by Crippen LogP contribution is 2.26. The Labute approximate surface area is 118 Å². The van der Waals surface area contributed by atoms with Crippen molar-refractivity contribution in [3.05, 3.63) is 21.3 Å². The first-order valence-corrected chi connectivity index (χ1v) is 7.27. The molecule has 102 valence electrons. The first-order valence-electron chi connectivity index (χ1n) is 6.07. The molecule has 1 heterocycles. The van der Waals surface area contributed by atoms with Crippen molar-refractivity contribution >= 4 is 28.8 Å². The Bertz CT molecular complexity index is 398. The van der Waals surface area contributed by atoms with Crippen LogP contribution in [0.3, 0.4) is 0 Å². The zero-order chi connectivity index (χ0) is 13.8. The molecular formula is C13H21ClN2OS. The van der Waals surface area contributed by atoms with Gasteiger partial charge in [-0.1, -0.05) is 11.6 Å². The van der Waals surface area contributed by atoms with E-state index in [9.17, 15) is 4.79 Å². The Balaban J connectivity index is 2.27. The summed E-state index contributed by atoms with van der Waals surface area (Å²) in [4.78, 5) is 12.8. The summed E-state index contributed by atoms with van der Waals surface area (Å²) in [5, 5.41) is 6.26. The topological polar surface area (TPSA) is 41.1 Å². The molecule has 1 aromatic rings. The number of halogens is 1. The molecule has 1 aromatic heterocycles. The van der Waals surface area contributed by atoms with Gasteiger partial charge in [-0.3, -0.25) is 4.79 Å². The van der Waals surface area contributed by atoms with Crippen LogP contribution in [0.25, 0.3) is 0 Å². The highest BCUT2D eigenvalue weighted by Gasteiger charge is 2.14. The van der Waals surface area contributed by atoms with E-state index >= 15 is 0 Å². The average molecular weight is 289 g/mol. The number of carbonyl (C=O) groups excluding carboxylic acids is 1. The summed E-state index contributed by atoms with van der Waals surface area (Å²) in [6.07, 6.45) is 0.487. The first kappa shape index (κ1) is 15.5. The lowest BCUT2D eigenvalue weighted by Gasteiger charge is -2.21. The fraction of sp³-hybridized carbons (Fsp3) is 0.615. The predicted octanol–water partition coefficient (Wildman–Crippen LogP) is 3.36. The summed E-state index contributed by atoms with van der Waals surface area (Å²) in [5.74, 6) is 0.0754. The standard InChI is InChI=1S/C13H21ClN2OS/c1-9(10-5-6-11(14)18-10)15-8-7-12(17)16-13(2,3)4/h5-6,9,15H,7-8H2,1-4H3,(H,16,17). The minimum Gasteiger partial charge on any atom is -0.351 e. The van der Waals surface area contributed by atoms with Crippen molar-refractivity contribution in [2.75, 3.05) is 6.54 Å². The molecule has 0 saturated carbocycles. The Kier molecular flexibility index (Phi) is 5.63. The molecular weight excluding hydrogens is 268 g/mol. The van der Waals surface area contributed by atoms with Crippen molar-refractivity contribution in [1.29, 1.82) is 0 Å². The van der Waals surface area contributed by atoms with Crippen molar-refractivity contribution in [1.82, 2.24) is 10.6 Å². The Hall–Kier alpha value is -0.580. The van der Waals surface area contributed by atoms with Gasteiger partial charge in [0.25, 0.3) is 0 Å². The van der Waals surface area contributed by atoms with Crippen LogP contribution in [0.5, 0.6) is 0 Å². The second kappa shape index (κ2) is 6.55. The molecule has 1 unspecified atom stereocenters. The molecule has 5 heteroatoms. The molecule has 3 nitrogen and oxygen atoms in total. The van der Waals surface area contributed by atoms with Gasteiger partial charge in [0.15, 0.2) is 0 Å². The van der Waals surface area contributed by atoms with Crippen molar-refractivity contribution in [3.63, 3.8) is 0 Å². The molecule has 0 saturated heterocycles. The molecule has 2 N–H and O–H groups in total. The molecule has 0 spiro atoms. The van der Waals surface area contributed by atoms with E-state index in [-0.39, 0.29) is 17.5 Å². The zero-order valence-corrected chi connectivity index (χ0v) is 12.9. The van der Waals surface area contributed by atoms with Crippen LogP contribution in [0.1, 0.15) is 45.0 Å². The van der Waals surface area contributed by atoms with E-state index in [1.54, 1.807) is 11.3 Å². The smallest absolute Gasteiger partial charge is 0.221 e. The summed E-state index contributed by atoms with van der Waals surface area (Å²) < 4.78 is 0.795. The average Bonchev–Trinajstić information content (AvgIpc) is 2.62. The Morgan fingerprint density at radius 2 is 2.11 bits per heavy atom. The van der Waals surface area contributed by atoms with Crippen LogP contribution >= 0.6 is 22.9 Å². The number of rotatable bonds is 5. The Morgan fingerprint density at radius 3 is 2.61 bits per heavy atom. The molecule has 1 atom stereocenters. The number of carbonyl (C=O) groups is 1. The van der Waals surface area contributed by atoms with E-state index in [2.05, 4.69) is 17.6 Å². The third-order valence-corrected chi connectivity index (χ3v) is 3.75. The normalized spacial score (nSPS) is 13.4. The van der Waals surface area contributed by atoms with Crippen molar-refractivity contribution in [2.45, 2.75) is 45.7 Å². The second-order valence-corrected chi connectivity index (χ2v) is 7.11. The van der Waals surface area contributed by atoms with Gasteiger partial charge in [0, 0.05) is 29.4 Å². The van der Waals surface area contributed by atoms with E-state index in [1.807, 2.05) is 32.9 Å². The Morgan fingerprint density at radius 1 is 1.44 bits per heavy atom. The van der Waals surface area contributed by atoms with Gasteiger partial charge in [0.1, 0.15) is 0 Å². The van der Waals surface area contributed by atoms with Crippen LogP contribution in [0, 0.1) is 0 Å². The maximum absolute atomic E-state index is 11.6. The molecule has 1 rings (SSSR count). The lowest BCUT2D eigenvalue weighted by molar-refractivity contribution is -0.122. The lowest BCUT2D eigenvalue weighted by Crippen LogP contribution is -2.41. The fourth-order valence-electron chi connectivity index (χ4n) is 1.54. The monoisotopic (exact) mass is 288 g/mol. The van der Waals surface area contributed by atoms with Crippen LogP contribution in [0.15, 0.2) is 12.1 Å². The number of hydrogen-bond donors (Lipinski definition) is 2. The van der Waals surface area contributed by atoms with Crippen LogP contribution in [0.4, 0.5) is 0 Å². The van der Waals surface area contributed by atoms with Crippen molar-refractivity contribution < 1.29 is 4.79 Å². The van der Waals surface area contributed by atoms with E-state index in [1.165, 1.54) is 4.88 Å². The zero-order valence-electron chi connectivity index (χ0n) is 11.3. The quantitative estimate of drug-likeness (QED) is 0.872. The maximum atomic E-state index is 11.6. The highest BCUT2D eigenvalue weighted by molar-refractivity contribution is 7.16. The summed E-state index contributed by atoms with van der Waals surface area (Å²) >= 11 is 7.46. The van der Waals surface area contributed by atoms with Gasteiger partial charge in [-0.15, -0.1) is 11.3 Å². The first-order chi connectivity index (χ1) is 8.28. The second-order valence-electron chi connectivity index (χ2n) is 5.37. The van der Waals surface area contributed by atoms with Gasteiger partial charge in [-0.05, 0) is 39.8 Å². The van der Waals surface area contributed by atoms with Crippen LogP contribution in [0.2, 0.25) is 4.34 Å². The van der Waals surface area contributed by atoms with E-state index in [4.69, 9.17) is 11.6 Å². The molecule has 0 aromatic carbocycles. The number of amides is 1. The molecule has 1 amide bonds. The number of thiophene rings is 1. The SMILES string of the molecule is CC(NCCC(=O)NC(C)(C)C)c1ccc(Cl)s1. The van der Waals surface area contributed by atoms with Crippen LogP contribution < -0.4 is 10.6 Å².